The van der Waals surface area contributed by atoms with Crippen LogP contribution in [-0.4, -0.2) is 11.1 Å². The molecule has 126 valence electrons. The molecule has 0 saturated heterocycles. The molecule has 3 N–H and O–H groups in total. The van der Waals surface area contributed by atoms with E-state index in [1.807, 2.05) is 0 Å². The van der Waals surface area contributed by atoms with Crippen molar-refractivity contribution < 1.29 is 23.1 Å². The highest BCUT2D eigenvalue weighted by Gasteiger charge is 2.31. The van der Waals surface area contributed by atoms with Crippen molar-refractivity contribution in [2.45, 2.75) is 25.1 Å². The lowest BCUT2D eigenvalue weighted by molar-refractivity contribution is -0.138. The Morgan fingerprint density at radius 2 is 1.58 bits per heavy atom. The van der Waals surface area contributed by atoms with Crippen molar-refractivity contribution in [1.29, 1.82) is 0 Å². The molecule has 0 radical (unpaired) electrons. The fourth-order valence-corrected chi connectivity index (χ4v) is 3.79. The third kappa shape index (κ3) is 2.97. The van der Waals surface area contributed by atoms with E-state index < -0.39 is 23.2 Å². The van der Waals surface area contributed by atoms with E-state index in [0.29, 0.717) is 16.3 Å². The van der Waals surface area contributed by atoms with Gasteiger partial charge in [0, 0.05) is 25.7 Å². The van der Waals surface area contributed by atoms with Crippen LogP contribution in [0.15, 0.2) is 36.4 Å². The van der Waals surface area contributed by atoms with Crippen LogP contribution in [0.2, 0.25) is 0 Å². The second-order valence-electron chi connectivity index (χ2n) is 6.01. The largest absolute Gasteiger partial charge is 0.481 e. The standard InChI is InChI=1S/C17H14F3NO2S/c1-16(21,8-15(22)23)9-2-4-13-11(6-9)12-7-10(17(18,19)20)3-5-14(12)24-13/h2-7H,8,21H2,1H3,(H,22,23). The fraction of sp³-hybridized carbons (Fsp3) is 0.235. The molecule has 0 aliphatic carbocycles. The van der Waals surface area contributed by atoms with Crippen LogP contribution in [0.1, 0.15) is 24.5 Å². The first-order chi connectivity index (χ1) is 11.1. The van der Waals surface area contributed by atoms with Crippen LogP contribution in [-0.2, 0) is 16.5 Å². The van der Waals surface area contributed by atoms with Crippen molar-refractivity contribution in [3.05, 3.63) is 47.5 Å². The predicted molar refractivity (Wildman–Crippen MR) is 88.1 cm³/mol. The van der Waals surface area contributed by atoms with E-state index in [1.54, 1.807) is 25.1 Å². The summed E-state index contributed by atoms with van der Waals surface area (Å²) in [6.07, 6.45) is -4.68. The van der Waals surface area contributed by atoms with Gasteiger partial charge < -0.3 is 10.8 Å². The van der Waals surface area contributed by atoms with E-state index in [0.717, 1.165) is 21.5 Å². The first kappa shape index (κ1) is 16.7. The number of hydrogen-bond donors (Lipinski definition) is 2. The molecule has 0 amide bonds. The highest BCUT2D eigenvalue weighted by atomic mass is 32.1. The normalized spacial score (nSPS) is 14.9. The lowest BCUT2D eigenvalue weighted by Crippen LogP contribution is -2.35. The van der Waals surface area contributed by atoms with Gasteiger partial charge in [0.1, 0.15) is 0 Å². The summed E-state index contributed by atoms with van der Waals surface area (Å²) < 4.78 is 40.4. The van der Waals surface area contributed by atoms with Crippen molar-refractivity contribution >= 4 is 37.5 Å². The minimum atomic E-state index is -4.41. The number of nitrogens with two attached hydrogens (primary N) is 1. The molecule has 1 atom stereocenters. The summed E-state index contributed by atoms with van der Waals surface area (Å²) in [6, 6.07) is 8.85. The topological polar surface area (TPSA) is 63.3 Å². The molecule has 3 aromatic rings. The number of rotatable bonds is 3. The zero-order valence-corrected chi connectivity index (χ0v) is 13.5. The second kappa shape index (κ2) is 5.46. The van der Waals surface area contributed by atoms with Crippen LogP contribution >= 0.6 is 11.3 Å². The molecule has 1 unspecified atom stereocenters. The van der Waals surface area contributed by atoms with Gasteiger partial charge in [-0.3, -0.25) is 4.79 Å². The Morgan fingerprint density at radius 3 is 2.08 bits per heavy atom. The summed E-state index contributed by atoms with van der Waals surface area (Å²) in [5.74, 6) is -1.03. The fourth-order valence-electron chi connectivity index (χ4n) is 2.73. The number of alkyl halides is 3. The summed E-state index contributed by atoms with van der Waals surface area (Å²) in [5, 5.41) is 10.1. The summed E-state index contributed by atoms with van der Waals surface area (Å²) in [7, 11) is 0. The smallest absolute Gasteiger partial charge is 0.416 e. The van der Waals surface area contributed by atoms with Crippen LogP contribution in [0, 0.1) is 0 Å². The van der Waals surface area contributed by atoms with Gasteiger partial charge in [-0.05, 0) is 42.8 Å². The maximum absolute atomic E-state index is 13.0. The van der Waals surface area contributed by atoms with Crippen LogP contribution in [0.25, 0.3) is 20.2 Å². The number of hydrogen-bond acceptors (Lipinski definition) is 3. The minimum absolute atomic E-state index is 0.269. The SMILES string of the molecule is CC(N)(CC(=O)O)c1ccc2sc3ccc(C(F)(F)F)cc3c2c1. The summed E-state index contributed by atoms with van der Waals surface area (Å²) >= 11 is 1.39. The molecule has 0 bridgehead atoms. The van der Waals surface area contributed by atoms with E-state index in [-0.39, 0.29) is 6.42 Å². The number of carboxylic acids is 1. The number of thiophene rings is 1. The molecular weight excluding hydrogens is 339 g/mol. The monoisotopic (exact) mass is 353 g/mol. The zero-order chi connectivity index (χ0) is 17.7. The lowest BCUT2D eigenvalue weighted by atomic mass is 9.89. The molecule has 24 heavy (non-hydrogen) atoms. The summed E-state index contributed by atoms with van der Waals surface area (Å²) in [6.45, 7) is 1.60. The van der Waals surface area contributed by atoms with Crippen LogP contribution in [0.4, 0.5) is 13.2 Å². The molecule has 0 aliphatic rings. The van der Waals surface area contributed by atoms with Gasteiger partial charge in [-0.25, -0.2) is 0 Å². The third-order valence-corrected chi connectivity index (χ3v) is 5.13. The predicted octanol–water partition coefficient (Wildman–Crippen LogP) is 4.72. The number of benzene rings is 2. The van der Waals surface area contributed by atoms with Gasteiger partial charge in [0.25, 0.3) is 0 Å². The average molecular weight is 353 g/mol. The Kier molecular flexibility index (Phi) is 3.80. The molecule has 1 aromatic heterocycles. The number of halogens is 3. The van der Waals surface area contributed by atoms with Crippen molar-refractivity contribution in [1.82, 2.24) is 0 Å². The number of carbonyl (C=O) groups is 1. The first-order valence-corrected chi connectivity index (χ1v) is 7.94. The lowest BCUT2D eigenvalue weighted by Gasteiger charge is -2.23. The molecule has 0 spiro atoms. The van der Waals surface area contributed by atoms with Crippen molar-refractivity contribution in [3.8, 4) is 0 Å². The van der Waals surface area contributed by atoms with Gasteiger partial charge in [0.15, 0.2) is 0 Å². The molecule has 2 aromatic carbocycles. The zero-order valence-electron chi connectivity index (χ0n) is 12.6. The Morgan fingerprint density at radius 1 is 1.08 bits per heavy atom. The highest BCUT2D eigenvalue weighted by molar-refractivity contribution is 7.25. The van der Waals surface area contributed by atoms with Gasteiger partial charge in [0.2, 0.25) is 0 Å². The molecule has 0 fully saturated rings. The van der Waals surface area contributed by atoms with Gasteiger partial charge in [-0.15, -0.1) is 11.3 Å². The minimum Gasteiger partial charge on any atom is -0.481 e. The molecule has 0 aliphatic heterocycles. The van der Waals surface area contributed by atoms with Crippen LogP contribution < -0.4 is 5.73 Å². The maximum atomic E-state index is 13.0. The van der Waals surface area contributed by atoms with Gasteiger partial charge in [0.05, 0.1) is 12.0 Å². The van der Waals surface area contributed by atoms with Crippen LogP contribution in [0.5, 0.6) is 0 Å². The quantitative estimate of drug-likeness (QED) is 0.716. The average Bonchev–Trinajstić information content (AvgIpc) is 2.81. The molecular formula is C17H14F3NO2S. The van der Waals surface area contributed by atoms with Gasteiger partial charge in [-0.1, -0.05) is 6.07 Å². The summed E-state index contributed by atoms with van der Waals surface area (Å²) in [4.78, 5) is 11.0. The molecule has 1 heterocycles. The highest BCUT2D eigenvalue weighted by Crippen LogP contribution is 2.39. The second-order valence-corrected chi connectivity index (χ2v) is 7.09. The van der Waals surface area contributed by atoms with Crippen molar-refractivity contribution in [2.75, 3.05) is 0 Å². The van der Waals surface area contributed by atoms with Gasteiger partial charge in [-0.2, -0.15) is 13.2 Å². The van der Waals surface area contributed by atoms with Crippen molar-refractivity contribution in [3.63, 3.8) is 0 Å². The van der Waals surface area contributed by atoms with E-state index in [2.05, 4.69) is 0 Å². The molecule has 0 saturated carbocycles. The molecule has 3 nitrogen and oxygen atoms in total. The molecule has 7 heteroatoms. The van der Waals surface area contributed by atoms with Gasteiger partial charge >= 0.3 is 12.1 Å². The number of carboxylic acid groups (broad SMARTS) is 1. The van der Waals surface area contributed by atoms with E-state index in [9.17, 15) is 18.0 Å². The van der Waals surface area contributed by atoms with Crippen molar-refractivity contribution in [2.24, 2.45) is 5.73 Å². The number of fused-ring (bicyclic) bond motifs is 3. The number of aliphatic carboxylic acids is 1. The van der Waals surface area contributed by atoms with Crippen LogP contribution in [0.3, 0.4) is 0 Å². The van der Waals surface area contributed by atoms with E-state index >= 15 is 0 Å². The Balaban J connectivity index is 2.20. The summed E-state index contributed by atoms with van der Waals surface area (Å²) in [5.41, 5.74) is 4.85. The maximum Gasteiger partial charge on any atom is 0.416 e. The Hall–Kier alpha value is -2.12. The van der Waals surface area contributed by atoms with E-state index in [1.165, 1.54) is 17.4 Å². The first-order valence-electron chi connectivity index (χ1n) is 7.12. The Labute approximate surface area is 139 Å². The molecule has 3 rings (SSSR count). The Bertz CT molecular complexity index is 944. The third-order valence-electron chi connectivity index (χ3n) is 3.97. The van der Waals surface area contributed by atoms with E-state index in [4.69, 9.17) is 10.8 Å².